The summed E-state index contributed by atoms with van der Waals surface area (Å²) < 4.78 is 1.86. The van der Waals surface area contributed by atoms with Gasteiger partial charge in [-0.3, -0.25) is 16.0 Å². The lowest BCUT2D eigenvalue weighted by Crippen LogP contribution is -2.50. The first kappa shape index (κ1) is 13.1. The van der Waals surface area contributed by atoms with Gasteiger partial charge in [-0.2, -0.15) is 5.10 Å². The van der Waals surface area contributed by atoms with Crippen LogP contribution in [0.25, 0.3) is 0 Å². The summed E-state index contributed by atoms with van der Waals surface area (Å²) in [5.41, 5.74) is 3.08. The molecule has 0 aliphatic heterocycles. The fourth-order valence-electron chi connectivity index (χ4n) is 3.70. The zero-order valence-electron chi connectivity index (χ0n) is 11.8. The summed E-state index contributed by atoms with van der Waals surface area (Å²) >= 11 is 0. The second-order valence-corrected chi connectivity index (χ2v) is 6.24. The van der Waals surface area contributed by atoms with E-state index in [9.17, 15) is 0 Å². The minimum atomic E-state index is 0.346. The minimum absolute atomic E-state index is 0.346. The molecule has 1 heterocycles. The van der Waals surface area contributed by atoms with Gasteiger partial charge in [-0.05, 0) is 17.8 Å². The number of aryl methyl sites for hydroxylation is 1. The summed E-state index contributed by atoms with van der Waals surface area (Å²) in [6, 6.07) is 0.346. The fourth-order valence-corrected chi connectivity index (χ4v) is 3.70. The molecule has 2 aliphatic carbocycles. The molecule has 106 valence electrons. The first-order valence-corrected chi connectivity index (χ1v) is 7.58. The average Bonchev–Trinajstić information content (AvgIpc) is 2.66. The van der Waals surface area contributed by atoms with Crippen LogP contribution in [0.4, 0.5) is 0 Å². The van der Waals surface area contributed by atoms with Crippen molar-refractivity contribution in [1.82, 2.24) is 20.2 Å². The third-order valence-electron chi connectivity index (χ3n) is 5.27. The minimum Gasteiger partial charge on any atom is -0.271 e. The number of hydrazine groups is 1. The van der Waals surface area contributed by atoms with Gasteiger partial charge in [-0.15, -0.1) is 0 Å². The van der Waals surface area contributed by atoms with Crippen LogP contribution >= 0.6 is 0 Å². The van der Waals surface area contributed by atoms with E-state index < -0.39 is 0 Å². The molecule has 3 rings (SSSR count). The molecule has 3 N–H and O–H groups in total. The van der Waals surface area contributed by atoms with Crippen LogP contribution in [-0.4, -0.2) is 20.8 Å². The summed E-state index contributed by atoms with van der Waals surface area (Å²) in [6.07, 6.45) is 10.9. The Labute approximate surface area is 114 Å². The van der Waals surface area contributed by atoms with Crippen LogP contribution in [-0.2, 0) is 13.5 Å². The Kier molecular flexibility index (Phi) is 3.84. The number of nitrogens with two attached hydrogens (primary N) is 1. The van der Waals surface area contributed by atoms with E-state index in [4.69, 9.17) is 5.84 Å². The Morgan fingerprint density at radius 1 is 1.32 bits per heavy atom. The van der Waals surface area contributed by atoms with E-state index in [1.54, 1.807) is 6.33 Å². The van der Waals surface area contributed by atoms with Crippen molar-refractivity contribution in [3.63, 3.8) is 0 Å². The van der Waals surface area contributed by atoms with Gasteiger partial charge < -0.3 is 0 Å². The van der Waals surface area contributed by atoms with E-state index in [1.165, 1.54) is 38.5 Å². The van der Waals surface area contributed by atoms with E-state index in [-0.39, 0.29) is 0 Å². The number of nitrogens with one attached hydrogen (secondary N) is 1. The summed E-state index contributed by atoms with van der Waals surface area (Å²) in [7, 11) is 1.96. The van der Waals surface area contributed by atoms with E-state index in [0.29, 0.717) is 6.04 Å². The highest BCUT2D eigenvalue weighted by atomic mass is 15.3. The standard InChI is InChI=1S/C14H25N5/c1-19-13(16-9-17-19)8-12(18-15)14(10-4-2-5-10)11-6-3-7-11/h9-12,14,18H,2-8,15H2,1H3. The van der Waals surface area contributed by atoms with Crippen molar-refractivity contribution in [3.8, 4) is 0 Å². The van der Waals surface area contributed by atoms with Gasteiger partial charge >= 0.3 is 0 Å². The third-order valence-corrected chi connectivity index (χ3v) is 5.27. The van der Waals surface area contributed by atoms with Gasteiger partial charge in [-0.1, -0.05) is 38.5 Å². The molecule has 2 saturated carbocycles. The molecule has 0 saturated heterocycles. The van der Waals surface area contributed by atoms with E-state index in [1.807, 2.05) is 11.7 Å². The molecule has 0 aromatic carbocycles. The Balaban J connectivity index is 1.72. The second kappa shape index (κ2) is 5.59. The molecule has 0 bridgehead atoms. The number of nitrogens with zero attached hydrogens (tertiary/aromatic N) is 3. The molecule has 19 heavy (non-hydrogen) atoms. The molecule has 2 fully saturated rings. The van der Waals surface area contributed by atoms with Gasteiger partial charge in [-0.25, -0.2) is 4.98 Å². The molecule has 2 aliphatic rings. The smallest absolute Gasteiger partial charge is 0.138 e. The highest BCUT2D eigenvalue weighted by Crippen LogP contribution is 2.46. The lowest BCUT2D eigenvalue weighted by Gasteiger charge is -2.46. The normalized spacial score (nSPS) is 22.3. The molecular weight excluding hydrogens is 238 g/mol. The van der Waals surface area contributed by atoms with Crippen molar-refractivity contribution in [1.29, 1.82) is 0 Å². The van der Waals surface area contributed by atoms with Crippen LogP contribution in [0.5, 0.6) is 0 Å². The van der Waals surface area contributed by atoms with Crippen molar-refractivity contribution in [2.24, 2.45) is 30.6 Å². The molecule has 0 radical (unpaired) electrons. The first-order valence-electron chi connectivity index (χ1n) is 7.58. The van der Waals surface area contributed by atoms with E-state index in [2.05, 4.69) is 15.5 Å². The first-order chi connectivity index (χ1) is 9.29. The lowest BCUT2D eigenvalue weighted by atomic mass is 9.61. The highest BCUT2D eigenvalue weighted by molar-refractivity contribution is 4.97. The van der Waals surface area contributed by atoms with Crippen molar-refractivity contribution in [2.75, 3.05) is 0 Å². The Bertz CT molecular complexity index is 394. The van der Waals surface area contributed by atoms with Crippen molar-refractivity contribution < 1.29 is 0 Å². The van der Waals surface area contributed by atoms with Crippen LogP contribution in [0.3, 0.4) is 0 Å². The van der Waals surface area contributed by atoms with Crippen LogP contribution < -0.4 is 11.3 Å². The molecule has 1 atom stereocenters. The number of hydrogen-bond donors (Lipinski definition) is 2. The van der Waals surface area contributed by atoms with Crippen molar-refractivity contribution in [2.45, 2.75) is 51.0 Å². The van der Waals surface area contributed by atoms with Crippen LogP contribution in [0.2, 0.25) is 0 Å². The maximum atomic E-state index is 5.87. The van der Waals surface area contributed by atoms with Gasteiger partial charge in [0, 0.05) is 19.5 Å². The predicted molar refractivity (Wildman–Crippen MR) is 74.0 cm³/mol. The number of aromatic nitrogens is 3. The van der Waals surface area contributed by atoms with Crippen LogP contribution in [0.1, 0.15) is 44.3 Å². The lowest BCUT2D eigenvalue weighted by molar-refractivity contribution is 0.0591. The monoisotopic (exact) mass is 263 g/mol. The second-order valence-electron chi connectivity index (χ2n) is 6.24. The third kappa shape index (κ3) is 2.54. The highest BCUT2D eigenvalue weighted by Gasteiger charge is 2.40. The topological polar surface area (TPSA) is 68.8 Å². The van der Waals surface area contributed by atoms with Gasteiger partial charge in [0.15, 0.2) is 0 Å². The summed E-state index contributed by atoms with van der Waals surface area (Å²) in [5.74, 6) is 9.38. The molecule has 5 heteroatoms. The summed E-state index contributed by atoms with van der Waals surface area (Å²) in [6.45, 7) is 0. The van der Waals surface area contributed by atoms with E-state index >= 15 is 0 Å². The van der Waals surface area contributed by atoms with Gasteiger partial charge in [0.05, 0.1) is 0 Å². The van der Waals surface area contributed by atoms with Crippen LogP contribution in [0, 0.1) is 17.8 Å². The number of rotatable bonds is 6. The zero-order chi connectivity index (χ0) is 13.2. The maximum absolute atomic E-state index is 5.87. The molecule has 0 spiro atoms. The molecule has 1 unspecified atom stereocenters. The van der Waals surface area contributed by atoms with Crippen LogP contribution in [0.15, 0.2) is 6.33 Å². The zero-order valence-corrected chi connectivity index (χ0v) is 11.8. The SMILES string of the molecule is Cn1ncnc1CC(NN)C(C1CCC1)C1CCC1. The van der Waals surface area contributed by atoms with Crippen molar-refractivity contribution in [3.05, 3.63) is 12.2 Å². The average molecular weight is 263 g/mol. The van der Waals surface area contributed by atoms with Gasteiger partial charge in [0.25, 0.3) is 0 Å². The quantitative estimate of drug-likeness (QED) is 0.601. The molecule has 5 nitrogen and oxygen atoms in total. The maximum Gasteiger partial charge on any atom is 0.138 e. The fraction of sp³-hybridized carbons (Fsp3) is 0.857. The Hall–Kier alpha value is -0.940. The van der Waals surface area contributed by atoms with Crippen molar-refractivity contribution >= 4 is 0 Å². The molecule has 1 aromatic rings. The predicted octanol–water partition coefficient (Wildman–Crippen LogP) is 1.41. The van der Waals surface area contributed by atoms with Gasteiger partial charge in [0.2, 0.25) is 0 Å². The van der Waals surface area contributed by atoms with Gasteiger partial charge in [0.1, 0.15) is 12.2 Å². The van der Waals surface area contributed by atoms with E-state index in [0.717, 1.165) is 30.0 Å². The summed E-state index contributed by atoms with van der Waals surface area (Å²) in [5, 5.41) is 4.16. The summed E-state index contributed by atoms with van der Waals surface area (Å²) in [4.78, 5) is 4.35. The molecule has 0 amide bonds. The Morgan fingerprint density at radius 3 is 2.32 bits per heavy atom. The Morgan fingerprint density at radius 2 is 1.95 bits per heavy atom. The number of hydrogen-bond acceptors (Lipinski definition) is 4. The molecule has 1 aromatic heterocycles. The largest absolute Gasteiger partial charge is 0.271 e. The molecular formula is C14H25N5.